The predicted molar refractivity (Wildman–Crippen MR) is 108 cm³/mol. The molecule has 0 spiro atoms. The average molecular weight is 386 g/mol. The van der Waals surface area contributed by atoms with Gasteiger partial charge in [0.1, 0.15) is 5.75 Å². The van der Waals surface area contributed by atoms with E-state index in [0.29, 0.717) is 34.4 Å². The van der Waals surface area contributed by atoms with Gasteiger partial charge in [0, 0.05) is 29.0 Å². The quantitative estimate of drug-likeness (QED) is 0.751. The zero-order valence-corrected chi connectivity index (χ0v) is 15.8. The molecule has 7 heteroatoms. The summed E-state index contributed by atoms with van der Waals surface area (Å²) in [7, 11) is 0. The van der Waals surface area contributed by atoms with Gasteiger partial charge in [-0.1, -0.05) is 29.8 Å². The third-order valence-corrected chi connectivity index (χ3v) is 4.17. The Morgan fingerprint density at radius 3 is 2.59 bits per heavy atom. The number of ether oxygens (including phenoxy) is 1. The molecule has 1 aliphatic heterocycles. The standard InChI is InChI=1S/C20H20ClN3O3/c1-12(2)11-24-17-8-7-16(10-18(17)27-13(3)19(24)25)23-20(26)22-15-6-4-5-14(21)9-15/h4-10,13H,1,11H2,2-3H3,(H2,22,23,26). The number of amides is 3. The highest BCUT2D eigenvalue weighted by atomic mass is 35.5. The highest BCUT2D eigenvalue weighted by Gasteiger charge is 2.31. The molecule has 0 radical (unpaired) electrons. The molecule has 1 atom stereocenters. The smallest absolute Gasteiger partial charge is 0.323 e. The zero-order chi connectivity index (χ0) is 19.6. The molecule has 140 valence electrons. The number of urea groups is 1. The summed E-state index contributed by atoms with van der Waals surface area (Å²) >= 11 is 5.92. The number of anilines is 3. The summed E-state index contributed by atoms with van der Waals surface area (Å²) in [6.07, 6.45) is -0.604. The van der Waals surface area contributed by atoms with Gasteiger partial charge in [-0.05, 0) is 44.2 Å². The van der Waals surface area contributed by atoms with Gasteiger partial charge in [0.25, 0.3) is 5.91 Å². The summed E-state index contributed by atoms with van der Waals surface area (Å²) in [4.78, 5) is 26.2. The van der Waals surface area contributed by atoms with Crippen molar-refractivity contribution in [2.45, 2.75) is 20.0 Å². The molecule has 0 fully saturated rings. The Morgan fingerprint density at radius 2 is 1.93 bits per heavy atom. The molecule has 3 rings (SSSR count). The van der Waals surface area contributed by atoms with E-state index in [1.165, 1.54) is 0 Å². The molecule has 2 aromatic rings. The molecule has 0 saturated carbocycles. The SMILES string of the molecule is C=C(C)CN1C(=O)C(C)Oc2cc(NC(=O)Nc3cccc(Cl)c3)ccc21. The van der Waals surface area contributed by atoms with E-state index < -0.39 is 12.1 Å². The Morgan fingerprint density at radius 1 is 1.22 bits per heavy atom. The number of rotatable bonds is 4. The van der Waals surface area contributed by atoms with Crippen molar-refractivity contribution >= 4 is 40.6 Å². The summed E-state index contributed by atoms with van der Waals surface area (Å²) in [5, 5.41) is 5.99. The fraction of sp³-hybridized carbons (Fsp3) is 0.200. The molecule has 2 aromatic carbocycles. The average Bonchev–Trinajstić information content (AvgIpc) is 2.58. The molecule has 0 aliphatic carbocycles. The van der Waals surface area contributed by atoms with Gasteiger partial charge in [-0.25, -0.2) is 4.79 Å². The van der Waals surface area contributed by atoms with Gasteiger partial charge in [0.15, 0.2) is 6.10 Å². The van der Waals surface area contributed by atoms with Crippen LogP contribution in [-0.4, -0.2) is 24.6 Å². The van der Waals surface area contributed by atoms with E-state index in [1.807, 2.05) is 6.92 Å². The molecular formula is C20H20ClN3O3. The van der Waals surface area contributed by atoms with Crippen molar-refractivity contribution < 1.29 is 14.3 Å². The van der Waals surface area contributed by atoms with Gasteiger partial charge in [0.2, 0.25) is 0 Å². The lowest BCUT2D eigenvalue weighted by Gasteiger charge is -2.33. The first-order valence-corrected chi connectivity index (χ1v) is 8.81. The summed E-state index contributed by atoms with van der Waals surface area (Å²) in [5.41, 5.74) is 2.65. The van der Waals surface area contributed by atoms with E-state index in [1.54, 1.807) is 54.3 Å². The number of carbonyl (C=O) groups excluding carboxylic acids is 2. The van der Waals surface area contributed by atoms with Crippen molar-refractivity contribution in [1.29, 1.82) is 0 Å². The highest BCUT2D eigenvalue weighted by molar-refractivity contribution is 6.30. The van der Waals surface area contributed by atoms with Crippen LogP contribution >= 0.6 is 11.6 Å². The lowest BCUT2D eigenvalue weighted by Crippen LogP contribution is -2.45. The van der Waals surface area contributed by atoms with E-state index in [-0.39, 0.29) is 5.91 Å². The van der Waals surface area contributed by atoms with E-state index in [9.17, 15) is 9.59 Å². The molecule has 2 N–H and O–H groups in total. The van der Waals surface area contributed by atoms with Crippen molar-refractivity contribution in [3.63, 3.8) is 0 Å². The van der Waals surface area contributed by atoms with Crippen LogP contribution in [-0.2, 0) is 4.79 Å². The van der Waals surface area contributed by atoms with E-state index in [0.717, 1.165) is 5.57 Å². The van der Waals surface area contributed by atoms with Crippen LogP contribution < -0.4 is 20.3 Å². The minimum Gasteiger partial charge on any atom is -0.479 e. The molecule has 1 unspecified atom stereocenters. The van der Waals surface area contributed by atoms with Crippen LogP contribution in [0.1, 0.15) is 13.8 Å². The minimum atomic E-state index is -0.604. The fourth-order valence-electron chi connectivity index (χ4n) is 2.78. The lowest BCUT2D eigenvalue weighted by molar-refractivity contribution is -0.125. The summed E-state index contributed by atoms with van der Waals surface area (Å²) in [6.45, 7) is 7.85. The van der Waals surface area contributed by atoms with Crippen LogP contribution in [0.4, 0.5) is 21.9 Å². The van der Waals surface area contributed by atoms with Gasteiger partial charge in [0.05, 0.1) is 5.69 Å². The third kappa shape index (κ3) is 4.41. The maximum Gasteiger partial charge on any atom is 0.323 e. The van der Waals surface area contributed by atoms with E-state index >= 15 is 0 Å². The molecule has 1 heterocycles. The second-order valence-corrected chi connectivity index (χ2v) is 6.85. The molecular weight excluding hydrogens is 366 g/mol. The third-order valence-electron chi connectivity index (χ3n) is 3.94. The number of halogens is 1. The molecule has 27 heavy (non-hydrogen) atoms. The van der Waals surface area contributed by atoms with Crippen LogP contribution in [0.5, 0.6) is 5.75 Å². The number of benzene rings is 2. The molecule has 0 aromatic heterocycles. The van der Waals surface area contributed by atoms with Crippen LogP contribution in [0.3, 0.4) is 0 Å². The first-order valence-electron chi connectivity index (χ1n) is 8.43. The molecule has 1 aliphatic rings. The number of nitrogens with zero attached hydrogens (tertiary/aromatic N) is 1. The first-order chi connectivity index (χ1) is 12.8. The molecule has 3 amide bonds. The van der Waals surface area contributed by atoms with Gasteiger partial charge in [-0.3, -0.25) is 4.79 Å². The van der Waals surface area contributed by atoms with Crippen LogP contribution in [0.15, 0.2) is 54.6 Å². The van der Waals surface area contributed by atoms with E-state index in [2.05, 4.69) is 17.2 Å². The van der Waals surface area contributed by atoms with Crippen LogP contribution in [0.2, 0.25) is 5.02 Å². The first kappa shape index (κ1) is 18.8. The lowest BCUT2D eigenvalue weighted by atomic mass is 10.1. The largest absolute Gasteiger partial charge is 0.479 e. The Hall–Kier alpha value is -2.99. The van der Waals surface area contributed by atoms with Gasteiger partial charge in [-0.15, -0.1) is 0 Å². The van der Waals surface area contributed by atoms with Crippen LogP contribution in [0, 0.1) is 0 Å². The Bertz CT molecular complexity index is 913. The van der Waals surface area contributed by atoms with Crippen molar-refractivity contribution in [3.8, 4) is 5.75 Å². The number of hydrogen-bond donors (Lipinski definition) is 2. The number of carbonyl (C=O) groups is 2. The molecule has 0 saturated heterocycles. The fourth-order valence-corrected chi connectivity index (χ4v) is 2.97. The van der Waals surface area contributed by atoms with Crippen molar-refractivity contribution in [1.82, 2.24) is 0 Å². The Kier molecular flexibility index (Phi) is 5.37. The van der Waals surface area contributed by atoms with Gasteiger partial charge < -0.3 is 20.3 Å². The second kappa shape index (κ2) is 7.72. The summed E-state index contributed by atoms with van der Waals surface area (Å²) < 4.78 is 5.70. The van der Waals surface area contributed by atoms with E-state index in [4.69, 9.17) is 16.3 Å². The van der Waals surface area contributed by atoms with Crippen molar-refractivity contribution in [3.05, 3.63) is 59.6 Å². The predicted octanol–water partition coefficient (Wildman–Crippen LogP) is 4.67. The molecule has 0 bridgehead atoms. The Balaban J connectivity index is 1.77. The second-order valence-electron chi connectivity index (χ2n) is 6.41. The minimum absolute atomic E-state index is 0.120. The van der Waals surface area contributed by atoms with Crippen molar-refractivity contribution in [2.24, 2.45) is 0 Å². The molecule has 6 nitrogen and oxygen atoms in total. The van der Waals surface area contributed by atoms with Crippen molar-refractivity contribution in [2.75, 3.05) is 22.1 Å². The monoisotopic (exact) mass is 385 g/mol. The van der Waals surface area contributed by atoms with Gasteiger partial charge in [-0.2, -0.15) is 0 Å². The number of fused-ring (bicyclic) bond motifs is 1. The maximum absolute atomic E-state index is 12.4. The topological polar surface area (TPSA) is 70.7 Å². The Labute approximate surface area is 162 Å². The summed E-state index contributed by atoms with van der Waals surface area (Å²) in [5.74, 6) is 0.411. The summed E-state index contributed by atoms with van der Waals surface area (Å²) in [6, 6.07) is 11.6. The van der Waals surface area contributed by atoms with Gasteiger partial charge >= 0.3 is 6.03 Å². The van der Waals surface area contributed by atoms with Crippen LogP contribution in [0.25, 0.3) is 0 Å². The zero-order valence-electron chi connectivity index (χ0n) is 15.1. The maximum atomic E-state index is 12.4. The normalized spacial score (nSPS) is 15.6. The number of nitrogens with one attached hydrogen (secondary N) is 2. The highest BCUT2D eigenvalue weighted by Crippen LogP contribution is 2.36. The number of hydrogen-bond acceptors (Lipinski definition) is 3.